The summed E-state index contributed by atoms with van der Waals surface area (Å²) in [4.78, 5) is 19.3. The van der Waals surface area contributed by atoms with Gasteiger partial charge in [-0.15, -0.1) is 0 Å². The highest BCUT2D eigenvalue weighted by Crippen LogP contribution is 2.33. The molecule has 29 heavy (non-hydrogen) atoms. The molecule has 1 aliphatic rings. The van der Waals surface area contributed by atoms with E-state index >= 15 is 0 Å². The highest BCUT2D eigenvalue weighted by Gasteiger charge is 2.33. The Morgan fingerprint density at radius 1 is 1.24 bits per heavy atom. The van der Waals surface area contributed by atoms with Crippen LogP contribution in [0.3, 0.4) is 0 Å². The molecule has 1 aromatic carbocycles. The highest BCUT2D eigenvalue weighted by molar-refractivity contribution is 5.73. The summed E-state index contributed by atoms with van der Waals surface area (Å²) in [5, 5.41) is 6.47. The molecule has 4 rings (SSSR count). The summed E-state index contributed by atoms with van der Waals surface area (Å²) in [5.74, 6) is 0.177. The second-order valence-corrected chi connectivity index (χ2v) is 7.12. The number of H-pyrrole nitrogens is 1. The molecular formula is C19H19F4N5O. The maximum absolute atomic E-state index is 13.6. The number of hydrogen-bond donors (Lipinski definition) is 3. The second kappa shape index (κ2) is 7.51. The van der Waals surface area contributed by atoms with Crippen molar-refractivity contribution < 1.29 is 17.6 Å². The van der Waals surface area contributed by atoms with Gasteiger partial charge in [0.1, 0.15) is 11.6 Å². The standard InChI is InChI=1S/C19H19F4N5O/c20-13-1-2-14(19(21,22)23)12(7-13)10-28-17-15(26-18(28)29)3-4-16(27-17)25-9-11-5-6-24-8-11/h1-4,7,11,24H,5-6,8-10H2,(H,25,27)(H,26,29)/t11-/m1/s1. The Bertz CT molecular complexity index is 1080. The number of halogens is 4. The number of anilines is 1. The molecule has 154 valence electrons. The topological polar surface area (TPSA) is 74.7 Å². The lowest BCUT2D eigenvalue weighted by molar-refractivity contribution is -0.138. The SMILES string of the molecule is O=c1[nH]c2ccc(NC[C@@H]3CCNC3)nc2n1Cc1cc(F)ccc1C(F)(F)F. The molecule has 0 saturated carbocycles. The lowest BCUT2D eigenvalue weighted by Crippen LogP contribution is -2.21. The summed E-state index contributed by atoms with van der Waals surface area (Å²) in [6.45, 7) is 2.12. The summed E-state index contributed by atoms with van der Waals surface area (Å²) in [7, 11) is 0. The zero-order valence-corrected chi connectivity index (χ0v) is 15.3. The number of imidazole rings is 1. The highest BCUT2D eigenvalue weighted by atomic mass is 19.4. The molecule has 1 aliphatic heterocycles. The molecule has 1 fully saturated rings. The average molecular weight is 409 g/mol. The van der Waals surface area contributed by atoms with Crippen molar-refractivity contribution >= 4 is 17.0 Å². The zero-order valence-electron chi connectivity index (χ0n) is 15.3. The van der Waals surface area contributed by atoms with E-state index < -0.39 is 29.8 Å². The molecule has 0 spiro atoms. The number of alkyl halides is 3. The average Bonchev–Trinajstić information content (AvgIpc) is 3.27. The Hall–Kier alpha value is -2.88. The van der Waals surface area contributed by atoms with Crippen LogP contribution in [0, 0.1) is 11.7 Å². The fraction of sp³-hybridized carbons (Fsp3) is 0.368. The molecule has 6 nitrogen and oxygen atoms in total. The van der Waals surface area contributed by atoms with Crippen LogP contribution in [0.1, 0.15) is 17.5 Å². The Kier molecular flexibility index (Phi) is 5.03. The maximum atomic E-state index is 13.6. The van der Waals surface area contributed by atoms with Crippen molar-refractivity contribution in [2.24, 2.45) is 5.92 Å². The normalized spacial score (nSPS) is 17.2. The lowest BCUT2D eigenvalue weighted by atomic mass is 10.1. The van der Waals surface area contributed by atoms with E-state index in [0.29, 0.717) is 29.9 Å². The number of hydrogen-bond acceptors (Lipinski definition) is 4. The Labute approximate surface area is 163 Å². The first kappa shape index (κ1) is 19.4. The molecule has 3 aromatic rings. The number of nitrogens with zero attached hydrogens (tertiary/aromatic N) is 2. The van der Waals surface area contributed by atoms with Crippen molar-refractivity contribution in [3.05, 3.63) is 57.8 Å². The van der Waals surface area contributed by atoms with Gasteiger partial charge in [0.2, 0.25) is 0 Å². The number of nitrogens with one attached hydrogen (secondary N) is 3. The van der Waals surface area contributed by atoms with Crippen LogP contribution in [-0.4, -0.2) is 34.2 Å². The molecule has 10 heteroatoms. The van der Waals surface area contributed by atoms with Gasteiger partial charge in [-0.1, -0.05) is 0 Å². The van der Waals surface area contributed by atoms with Gasteiger partial charge in [-0.2, -0.15) is 13.2 Å². The minimum Gasteiger partial charge on any atom is -0.370 e. The van der Waals surface area contributed by atoms with Crippen molar-refractivity contribution in [2.75, 3.05) is 25.0 Å². The first-order chi connectivity index (χ1) is 13.8. The minimum atomic E-state index is -4.66. The summed E-state index contributed by atoms with van der Waals surface area (Å²) in [6, 6.07) is 5.58. The first-order valence-corrected chi connectivity index (χ1v) is 9.21. The van der Waals surface area contributed by atoms with Gasteiger partial charge in [0.05, 0.1) is 17.6 Å². The van der Waals surface area contributed by atoms with E-state index in [4.69, 9.17) is 0 Å². The fourth-order valence-electron chi connectivity index (χ4n) is 3.55. The molecule has 1 saturated heterocycles. The van der Waals surface area contributed by atoms with Gasteiger partial charge in [-0.25, -0.2) is 14.2 Å². The predicted molar refractivity (Wildman–Crippen MR) is 100 cm³/mol. The van der Waals surface area contributed by atoms with Gasteiger partial charge < -0.3 is 15.6 Å². The van der Waals surface area contributed by atoms with Crippen molar-refractivity contribution in [1.29, 1.82) is 0 Å². The zero-order chi connectivity index (χ0) is 20.6. The number of benzene rings is 1. The summed E-state index contributed by atoms with van der Waals surface area (Å²) < 4.78 is 54.5. The number of aromatic nitrogens is 3. The molecule has 0 amide bonds. The monoisotopic (exact) mass is 409 g/mol. The van der Waals surface area contributed by atoms with Crippen LogP contribution in [0.25, 0.3) is 11.2 Å². The summed E-state index contributed by atoms with van der Waals surface area (Å²) >= 11 is 0. The van der Waals surface area contributed by atoms with E-state index in [-0.39, 0.29) is 11.2 Å². The molecule has 0 bridgehead atoms. The third-order valence-electron chi connectivity index (χ3n) is 5.05. The quantitative estimate of drug-likeness (QED) is 0.567. The number of aromatic amines is 1. The fourth-order valence-corrected chi connectivity index (χ4v) is 3.55. The molecule has 3 N–H and O–H groups in total. The number of pyridine rings is 1. The lowest BCUT2D eigenvalue weighted by Gasteiger charge is -2.14. The van der Waals surface area contributed by atoms with Crippen LogP contribution in [-0.2, 0) is 12.7 Å². The Balaban J connectivity index is 1.67. The van der Waals surface area contributed by atoms with Crippen LogP contribution in [0.4, 0.5) is 23.4 Å². The van der Waals surface area contributed by atoms with Crippen molar-refractivity contribution in [1.82, 2.24) is 19.9 Å². The van der Waals surface area contributed by atoms with Crippen LogP contribution in [0.5, 0.6) is 0 Å². The summed E-state index contributed by atoms with van der Waals surface area (Å²) in [6.07, 6.45) is -3.61. The van der Waals surface area contributed by atoms with Gasteiger partial charge in [0.15, 0.2) is 5.65 Å². The van der Waals surface area contributed by atoms with Gasteiger partial charge in [-0.05, 0) is 61.3 Å². The maximum Gasteiger partial charge on any atom is 0.416 e. The van der Waals surface area contributed by atoms with Crippen LogP contribution < -0.4 is 16.3 Å². The Morgan fingerprint density at radius 3 is 2.79 bits per heavy atom. The van der Waals surface area contributed by atoms with E-state index in [2.05, 4.69) is 20.6 Å². The van der Waals surface area contributed by atoms with E-state index in [1.165, 1.54) is 0 Å². The van der Waals surface area contributed by atoms with Gasteiger partial charge in [-0.3, -0.25) is 4.57 Å². The van der Waals surface area contributed by atoms with Gasteiger partial charge in [0, 0.05) is 6.54 Å². The van der Waals surface area contributed by atoms with Crippen LogP contribution in [0.15, 0.2) is 35.1 Å². The second-order valence-electron chi connectivity index (χ2n) is 7.12. The molecular weight excluding hydrogens is 390 g/mol. The van der Waals surface area contributed by atoms with Crippen molar-refractivity contribution in [3.8, 4) is 0 Å². The van der Waals surface area contributed by atoms with Gasteiger partial charge >= 0.3 is 11.9 Å². The predicted octanol–water partition coefficient (Wildman–Crippen LogP) is 2.95. The number of fused-ring (bicyclic) bond motifs is 1. The first-order valence-electron chi connectivity index (χ1n) is 9.21. The van der Waals surface area contributed by atoms with Gasteiger partial charge in [0.25, 0.3) is 0 Å². The van der Waals surface area contributed by atoms with Crippen LogP contribution >= 0.6 is 0 Å². The summed E-state index contributed by atoms with van der Waals surface area (Å²) in [5.41, 5.74) is -1.32. The molecule has 0 unspecified atom stereocenters. The van der Waals surface area contributed by atoms with E-state index in [0.717, 1.165) is 36.2 Å². The molecule has 0 radical (unpaired) electrons. The largest absolute Gasteiger partial charge is 0.416 e. The van der Waals surface area contributed by atoms with E-state index in [9.17, 15) is 22.4 Å². The van der Waals surface area contributed by atoms with E-state index in [1.54, 1.807) is 12.1 Å². The smallest absolute Gasteiger partial charge is 0.370 e. The molecule has 1 atom stereocenters. The third-order valence-corrected chi connectivity index (χ3v) is 5.05. The van der Waals surface area contributed by atoms with Crippen LogP contribution in [0.2, 0.25) is 0 Å². The number of rotatable bonds is 5. The molecule has 2 aromatic heterocycles. The van der Waals surface area contributed by atoms with Crippen molar-refractivity contribution in [2.45, 2.75) is 19.1 Å². The van der Waals surface area contributed by atoms with E-state index in [1.807, 2.05) is 0 Å². The Morgan fingerprint density at radius 2 is 2.07 bits per heavy atom. The molecule has 0 aliphatic carbocycles. The van der Waals surface area contributed by atoms with Crippen molar-refractivity contribution in [3.63, 3.8) is 0 Å². The third kappa shape index (κ3) is 4.12. The molecule has 3 heterocycles. The minimum absolute atomic E-state index is 0.210.